The van der Waals surface area contributed by atoms with E-state index in [4.69, 9.17) is 4.74 Å². The van der Waals surface area contributed by atoms with Gasteiger partial charge in [-0.25, -0.2) is 5.01 Å². The minimum absolute atomic E-state index is 0.117. The number of amides is 2. The van der Waals surface area contributed by atoms with Crippen LogP contribution in [-0.4, -0.2) is 18.4 Å². The predicted molar refractivity (Wildman–Crippen MR) is 106 cm³/mol. The van der Waals surface area contributed by atoms with Gasteiger partial charge in [-0.2, -0.15) is 0 Å². The summed E-state index contributed by atoms with van der Waals surface area (Å²) >= 11 is 0. The molecule has 1 N–H and O–H groups in total. The van der Waals surface area contributed by atoms with Crippen molar-refractivity contribution in [1.29, 1.82) is 0 Å². The van der Waals surface area contributed by atoms with Crippen LogP contribution in [-0.2, 0) is 9.59 Å². The molecule has 0 atom stereocenters. The molecule has 27 heavy (non-hydrogen) atoms. The van der Waals surface area contributed by atoms with Gasteiger partial charge in [-0.15, -0.1) is 0 Å². The summed E-state index contributed by atoms with van der Waals surface area (Å²) in [5.41, 5.74) is 5.11. The Balaban J connectivity index is 1.77. The van der Waals surface area contributed by atoms with Crippen molar-refractivity contribution >= 4 is 23.6 Å². The van der Waals surface area contributed by atoms with Crippen LogP contribution in [0.2, 0.25) is 0 Å². The minimum Gasteiger partial charge on any atom is -0.493 e. The number of aryl methyl sites for hydroxylation is 1. The zero-order valence-electron chi connectivity index (χ0n) is 15.9. The largest absolute Gasteiger partial charge is 0.493 e. The Morgan fingerprint density at radius 1 is 1.11 bits per heavy atom. The van der Waals surface area contributed by atoms with Gasteiger partial charge in [-0.05, 0) is 60.7 Å². The van der Waals surface area contributed by atoms with E-state index in [9.17, 15) is 9.59 Å². The third-order valence-electron chi connectivity index (χ3n) is 4.37. The van der Waals surface area contributed by atoms with Gasteiger partial charge in [0.05, 0.1) is 12.3 Å². The summed E-state index contributed by atoms with van der Waals surface area (Å²) in [7, 11) is 0. The highest BCUT2D eigenvalue weighted by Crippen LogP contribution is 2.24. The molecule has 0 aromatic heterocycles. The van der Waals surface area contributed by atoms with Crippen molar-refractivity contribution in [3.63, 3.8) is 0 Å². The molecule has 2 aromatic carbocycles. The summed E-state index contributed by atoms with van der Waals surface area (Å²) in [5, 5.41) is 1.27. The van der Waals surface area contributed by atoms with E-state index in [0.29, 0.717) is 18.2 Å². The van der Waals surface area contributed by atoms with E-state index < -0.39 is 5.91 Å². The molecule has 2 amide bonds. The molecule has 0 radical (unpaired) electrons. The summed E-state index contributed by atoms with van der Waals surface area (Å²) in [4.78, 5) is 24.9. The van der Waals surface area contributed by atoms with Gasteiger partial charge in [0.1, 0.15) is 11.3 Å². The Morgan fingerprint density at radius 2 is 1.85 bits per heavy atom. The van der Waals surface area contributed by atoms with Crippen LogP contribution in [0, 0.1) is 12.8 Å². The van der Waals surface area contributed by atoms with E-state index >= 15 is 0 Å². The molecular formula is C22H24N2O3. The van der Waals surface area contributed by atoms with E-state index in [-0.39, 0.29) is 11.5 Å². The van der Waals surface area contributed by atoms with Crippen LogP contribution in [0.5, 0.6) is 5.75 Å². The van der Waals surface area contributed by atoms with Gasteiger partial charge in [-0.3, -0.25) is 15.0 Å². The minimum atomic E-state index is -0.404. The molecule has 0 saturated carbocycles. The van der Waals surface area contributed by atoms with E-state index in [1.54, 1.807) is 18.2 Å². The summed E-state index contributed by atoms with van der Waals surface area (Å²) in [6, 6.07) is 14.7. The molecule has 1 saturated heterocycles. The van der Waals surface area contributed by atoms with E-state index in [1.807, 2.05) is 43.3 Å². The fourth-order valence-corrected chi connectivity index (χ4v) is 2.81. The molecule has 0 spiro atoms. The third kappa shape index (κ3) is 4.37. The molecule has 5 heteroatoms. The average molecular weight is 364 g/mol. The maximum absolute atomic E-state index is 12.6. The lowest BCUT2D eigenvalue weighted by molar-refractivity contribution is -0.117. The Labute approximate surface area is 159 Å². The van der Waals surface area contributed by atoms with Gasteiger partial charge in [0, 0.05) is 0 Å². The molecule has 0 unspecified atom stereocenters. The number of nitrogens with zero attached hydrogens (tertiary/aromatic N) is 1. The molecule has 140 valence electrons. The summed E-state index contributed by atoms with van der Waals surface area (Å²) < 4.78 is 5.81. The molecule has 1 aliphatic rings. The zero-order valence-corrected chi connectivity index (χ0v) is 15.9. The highest BCUT2D eigenvalue weighted by Gasteiger charge is 2.34. The molecule has 3 rings (SSSR count). The molecule has 5 nitrogen and oxygen atoms in total. The Bertz CT molecular complexity index is 872. The van der Waals surface area contributed by atoms with Crippen LogP contribution < -0.4 is 15.2 Å². The quantitative estimate of drug-likeness (QED) is 0.625. The van der Waals surface area contributed by atoms with Crippen molar-refractivity contribution in [3.8, 4) is 5.75 Å². The fraction of sp³-hybridized carbons (Fsp3) is 0.273. The van der Waals surface area contributed by atoms with Crippen molar-refractivity contribution in [2.24, 2.45) is 5.92 Å². The lowest BCUT2D eigenvalue weighted by Crippen LogP contribution is -2.35. The third-order valence-corrected chi connectivity index (χ3v) is 4.37. The van der Waals surface area contributed by atoms with Crippen molar-refractivity contribution < 1.29 is 14.3 Å². The van der Waals surface area contributed by atoms with Crippen molar-refractivity contribution in [2.75, 3.05) is 11.6 Å². The van der Waals surface area contributed by atoms with E-state index in [0.717, 1.165) is 23.3 Å². The van der Waals surface area contributed by atoms with Crippen molar-refractivity contribution in [2.45, 2.75) is 27.2 Å². The molecular weight excluding hydrogens is 340 g/mol. The predicted octanol–water partition coefficient (Wildman–Crippen LogP) is 3.88. The van der Waals surface area contributed by atoms with Crippen LogP contribution in [0.25, 0.3) is 6.08 Å². The van der Waals surface area contributed by atoms with E-state index in [2.05, 4.69) is 19.3 Å². The summed E-state index contributed by atoms with van der Waals surface area (Å²) in [6.45, 7) is 6.95. The standard InChI is InChI=1S/C22H24N2O3/c1-15(2)11-12-27-20-10-9-17(13-16(20)3)14-19-21(25)23-24(22(19)26)18-7-5-4-6-8-18/h4-10,13-15H,11-12H2,1-3H3,(H,23,25). The second kappa shape index (κ2) is 8.08. The Kier molecular flexibility index (Phi) is 5.60. The number of hydrazine groups is 1. The van der Waals surface area contributed by atoms with Gasteiger partial charge in [-0.1, -0.05) is 38.1 Å². The highest BCUT2D eigenvalue weighted by atomic mass is 16.5. The topological polar surface area (TPSA) is 58.6 Å². The Morgan fingerprint density at radius 3 is 2.52 bits per heavy atom. The first-order valence-corrected chi connectivity index (χ1v) is 9.11. The summed E-state index contributed by atoms with van der Waals surface area (Å²) in [6.07, 6.45) is 2.61. The monoisotopic (exact) mass is 364 g/mol. The zero-order chi connectivity index (χ0) is 19.4. The van der Waals surface area contributed by atoms with Gasteiger partial charge < -0.3 is 4.74 Å². The molecule has 1 fully saturated rings. The number of benzene rings is 2. The maximum atomic E-state index is 12.6. The first-order valence-electron chi connectivity index (χ1n) is 9.11. The molecule has 2 aromatic rings. The second-order valence-electron chi connectivity index (χ2n) is 7.03. The molecule has 0 bridgehead atoms. The maximum Gasteiger partial charge on any atom is 0.282 e. The normalized spacial score (nSPS) is 15.6. The van der Waals surface area contributed by atoms with Crippen molar-refractivity contribution in [3.05, 3.63) is 65.2 Å². The van der Waals surface area contributed by atoms with Crippen LogP contribution in [0.15, 0.2) is 54.1 Å². The lowest BCUT2D eigenvalue weighted by atomic mass is 10.1. The van der Waals surface area contributed by atoms with E-state index in [1.165, 1.54) is 5.01 Å². The Hall–Kier alpha value is -3.08. The first kappa shape index (κ1) is 18.7. The van der Waals surface area contributed by atoms with Gasteiger partial charge in [0.15, 0.2) is 0 Å². The number of ether oxygens (including phenoxy) is 1. The summed E-state index contributed by atoms with van der Waals surface area (Å²) in [5.74, 6) is 0.652. The molecule has 1 heterocycles. The number of nitrogens with one attached hydrogen (secondary N) is 1. The molecule has 1 aliphatic heterocycles. The fourth-order valence-electron chi connectivity index (χ4n) is 2.81. The van der Waals surface area contributed by atoms with Crippen LogP contribution in [0.3, 0.4) is 0 Å². The molecule has 0 aliphatic carbocycles. The van der Waals surface area contributed by atoms with Gasteiger partial charge in [0.2, 0.25) is 0 Å². The van der Waals surface area contributed by atoms with Crippen LogP contribution in [0.4, 0.5) is 5.69 Å². The average Bonchev–Trinajstić information content (AvgIpc) is 2.92. The highest BCUT2D eigenvalue weighted by molar-refractivity contribution is 6.31. The number of carbonyl (C=O) groups excluding carboxylic acids is 2. The van der Waals surface area contributed by atoms with Crippen LogP contribution >= 0.6 is 0 Å². The number of anilines is 1. The number of para-hydroxylation sites is 1. The second-order valence-corrected chi connectivity index (χ2v) is 7.03. The smallest absolute Gasteiger partial charge is 0.282 e. The number of hydrogen-bond acceptors (Lipinski definition) is 3. The van der Waals surface area contributed by atoms with Crippen LogP contribution in [0.1, 0.15) is 31.4 Å². The number of carbonyl (C=O) groups is 2. The SMILES string of the molecule is Cc1cc(C=C2C(=O)NN(c3ccccc3)C2=O)ccc1OCCC(C)C. The lowest BCUT2D eigenvalue weighted by Gasteiger charge is -2.13. The number of hydrogen-bond donors (Lipinski definition) is 1. The first-order chi connectivity index (χ1) is 13.0. The van der Waals surface area contributed by atoms with Gasteiger partial charge in [0.25, 0.3) is 11.8 Å². The van der Waals surface area contributed by atoms with Gasteiger partial charge >= 0.3 is 0 Å². The number of rotatable bonds is 6. The van der Waals surface area contributed by atoms with Crippen molar-refractivity contribution in [1.82, 2.24) is 5.43 Å².